The molecule has 2 aromatic rings. The Balaban J connectivity index is 1.43. The van der Waals surface area contributed by atoms with Crippen LogP contribution in [0.4, 0.5) is 0 Å². The third-order valence-corrected chi connectivity index (χ3v) is 5.84. The molecule has 1 unspecified atom stereocenters. The normalized spacial score (nSPS) is 25.5. The van der Waals surface area contributed by atoms with Crippen LogP contribution >= 0.6 is 11.3 Å². The summed E-state index contributed by atoms with van der Waals surface area (Å²) in [6.07, 6.45) is 6.99. The molecule has 2 fully saturated rings. The number of carbonyl (C=O) groups excluding carboxylic acids is 2. The number of aromatic nitrogens is 1. The van der Waals surface area contributed by atoms with Crippen molar-refractivity contribution in [2.45, 2.75) is 43.8 Å². The van der Waals surface area contributed by atoms with Gasteiger partial charge in [0.15, 0.2) is 0 Å². The molecule has 2 saturated heterocycles. The van der Waals surface area contributed by atoms with Crippen molar-refractivity contribution >= 4 is 23.2 Å². The smallest absolute Gasteiger partial charge is 0.264 e. The monoisotopic (exact) mass is 341 g/mol. The number of piperidine rings is 1. The summed E-state index contributed by atoms with van der Waals surface area (Å²) < 4.78 is 0. The lowest BCUT2D eigenvalue weighted by atomic mass is 9.96. The van der Waals surface area contributed by atoms with Crippen LogP contribution in [0.2, 0.25) is 0 Å². The fraction of sp³-hybridized carbons (Fsp3) is 0.389. The second-order valence-corrected chi connectivity index (χ2v) is 7.40. The van der Waals surface area contributed by atoms with Gasteiger partial charge in [-0.2, -0.15) is 0 Å². The van der Waals surface area contributed by atoms with Crippen molar-refractivity contribution in [2.24, 2.45) is 0 Å². The van der Waals surface area contributed by atoms with E-state index in [2.05, 4.69) is 15.2 Å². The van der Waals surface area contributed by atoms with Gasteiger partial charge in [-0.3, -0.25) is 14.6 Å². The van der Waals surface area contributed by atoms with Crippen LogP contribution in [0, 0.1) is 0 Å². The minimum Gasteiger partial charge on any atom is -0.349 e. The molecule has 4 rings (SSSR count). The summed E-state index contributed by atoms with van der Waals surface area (Å²) in [5.74, 6) is 0.0937. The number of nitrogens with one attached hydrogen (secondary N) is 1. The predicted molar refractivity (Wildman–Crippen MR) is 92.0 cm³/mol. The molecular weight excluding hydrogens is 322 g/mol. The molecule has 0 spiro atoms. The topological polar surface area (TPSA) is 62.3 Å². The summed E-state index contributed by atoms with van der Waals surface area (Å²) in [6.45, 7) is 0. The average molecular weight is 341 g/mol. The number of pyridine rings is 1. The number of fused-ring (bicyclic) bond motifs is 2. The molecule has 6 heteroatoms. The van der Waals surface area contributed by atoms with E-state index in [9.17, 15) is 9.59 Å². The maximum atomic E-state index is 12.7. The average Bonchev–Trinajstić information content (AvgIpc) is 3.22. The number of thiophene rings is 1. The maximum absolute atomic E-state index is 12.7. The number of rotatable bonds is 3. The first kappa shape index (κ1) is 15.3. The van der Waals surface area contributed by atoms with E-state index in [0.29, 0.717) is 5.56 Å². The Morgan fingerprint density at radius 2 is 1.83 bits per heavy atom. The fourth-order valence-electron chi connectivity index (χ4n) is 3.93. The molecule has 0 aliphatic carbocycles. The molecule has 2 aliphatic rings. The van der Waals surface area contributed by atoms with Crippen LogP contribution in [0.1, 0.15) is 45.7 Å². The SMILES string of the molecule is O=C(NC1C[C@H]2CC[C@@H](C1)N2C(=O)c1cccs1)c1ccncc1. The first-order chi connectivity index (χ1) is 11.7. The Morgan fingerprint density at radius 1 is 1.12 bits per heavy atom. The minimum absolute atomic E-state index is 0.0557. The molecule has 0 aromatic carbocycles. The van der Waals surface area contributed by atoms with Crippen molar-refractivity contribution in [3.8, 4) is 0 Å². The lowest BCUT2D eigenvalue weighted by molar-refractivity contribution is 0.0554. The van der Waals surface area contributed by atoms with Gasteiger partial charge in [0, 0.05) is 36.1 Å². The Labute approximate surface area is 144 Å². The largest absolute Gasteiger partial charge is 0.349 e. The van der Waals surface area contributed by atoms with E-state index < -0.39 is 0 Å². The standard InChI is InChI=1S/C18H19N3O2S/c22-17(12-5-7-19-8-6-12)20-13-10-14-3-4-15(11-13)21(14)18(23)16-2-1-9-24-16/h1-2,5-9,13-15H,3-4,10-11H2,(H,20,22)/t13?,14-,15+. The van der Waals surface area contributed by atoms with E-state index in [1.54, 1.807) is 24.5 Å². The molecule has 5 nitrogen and oxygen atoms in total. The zero-order valence-corrected chi connectivity index (χ0v) is 14.0. The molecule has 24 heavy (non-hydrogen) atoms. The van der Waals surface area contributed by atoms with Crippen molar-refractivity contribution in [1.29, 1.82) is 0 Å². The van der Waals surface area contributed by atoms with Crippen molar-refractivity contribution in [3.63, 3.8) is 0 Å². The Kier molecular flexibility index (Phi) is 4.06. The second-order valence-electron chi connectivity index (χ2n) is 6.45. The maximum Gasteiger partial charge on any atom is 0.264 e. The highest BCUT2D eigenvalue weighted by molar-refractivity contribution is 7.12. The van der Waals surface area contributed by atoms with E-state index in [1.165, 1.54) is 11.3 Å². The van der Waals surface area contributed by atoms with Crippen LogP contribution in [0.15, 0.2) is 42.0 Å². The van der Waals surface area contributed by atoms with Gasteiger partial charge in [0.2, 0.25) is 0 Å². The van der Waals surface area contributed by atoms with Crippen LogP contribution in [-0.4, -0.2) is 39.8 Å². The summed E-state index contributed by atoms with van der Waals surface area (Å²) >= 11 is 1.50. The van der Waals surface area contributed by atoms with E-state index in [-0.39, 0.29) is 29.9 Å². The molecule has 0 saturated carbocycles. The van der Waals surface area contributed by atoms with Gasteiger partial charge in [-0.1, -0.05) is 6.07 Å². The van der Waals surface area contributed by atoms with Gasteiger partial charge in [0.1, 0.15) is 0 Å². The Bertz CT molecular complexity index is 718. The van der Waals surface area contributed by atoms with Crippen LogP contribution < -0.4 is 5.32 Å². The van der Waals surface area contributed by atoms with Gasteiger partial charge < -0.3 is 10.2 Å². The molecule has 1 N–H and O–H groups in total. The lowest BCUT2D eigenvalue weighted by Gasteiger charge is -2.39. The number of hydrogen-bond donors (Lipinski definition) is 1. The van der Waals surface area contributed by atoms with E-state index >= 15 is 0 Å². The predicted octanol–water partition coefficient (Wildman–Crippen LogP) is 2.71. The zero-order valence-electron chi connectivity index (χ0n) is 13.2. The molecule has 2 bridgehead atoms. The third-order valence-electron chi connectivity index (χ3n) is 4.98. The van der Waals surface area contributed by atoms with Crippen molar-refractivity contribution in [1.82, 2.24) is 15.2 Å². The van der Waals surface area contributed by atoms with Gasteiger partial charge in [-0.25, -0.2) is 0 Å². The van der Waals surface area contributed by atoms with Gasteiger partial charge in [0.25, 0.3) is 11.8 Å². The molecule has 2 aliphatic heterocycles. The van der Waals surface area contributed by atoms with Crippen molar-refractivity contribution < 1.29 is 9.59 Å². The van der Waals surface area contributed by atoms with Crippen LogP contribution in [0.25, 0.3) is 0 Å². The van der Waals surface area contributed by atoms with Crippen molar-refractivity contribution in [3.05, 3.63) is 52.5 Å². The fourth-order valence-corrected chi connectivity index (χ4v) is 4.59. The van der Waals surface area contributed by atoms with Crippen molar-refractivity contribution in [2.75, 3.05) is 0 Å². The summed E-state index contributed by atoms with van der Waals surface area (Å²) in [4.78, 5) is 31.9. The zero-order chi connectivity index (χ0) is 16.5. The third kappa shape index (κ3) is 2.82. The minimum atomic E-state index is -0.0557. The van der Waals surface area contributed by atoms with Crippen LogP contribution in [0.3, 0.4) is 0 Å². The van der Waals surface area contributed by atoms with E-state index in [4.69, 9.17) is 0 Å². The number of nitrogens with zero attached hydrogens (tertiary/aromatic N) is 2. The molecular formula is C18H19N3O2S. The van der Waals surface area contributed by atoms with Gasteiger partial charge in [-0.15, -0.1) is 11.3 Å². The highest BCUT2D eigenvalue weighted by atomic mass is 32.1. The number of carbonyl (C=O) groups is 2. The van der Waals surface area contributed by atoms with Crippen LogP contribution in [0.5, 0.6) is 0 Å². The second kappa shape index (κ2) is 6.36. The van der Waals surface area contributed by atoms with Gasteiger partial charge >= 0.3 is 0 Å². The highest BCUT2D eigenvalue weighted by Gasteiger charge is 2.43. The summed E-state index contributed by atoms with van der Waals surface area (Å²) in [7, 11) is 0. The molecule has 3 atom stereocenters. The molecule has 2 aromatic heterocycles. The first-order valence-electron chi connectivity index (χ1n) is 8.29. The number of amides is 2. The van der Waals surface area contributed by atoms with Gasteiger partial charge in [-0.05, 0) is 49.3 Å². The van der Waals surface area contributed by atoms with E-state index in [0.717, 1.165) is 30.6 Å². The highest BCUT2D eigenvalue weighted by Crippen LogP contribution is 2.37. The lowest BCUT2D eigenvalue weighted by Crippen LogP contribution is -2.52. The summed E-state index contributed by atoms with van der Waals surface area (Å²) in [6, 6.07) is 7.86. The summed E-state index contributed by atoms with van der Waals surface area (Å²) in [5.41, 5.74) is 0.634. The Hall–Kier alpha value is -2.21. The molecule has 2 amide bonds. The first-order valence-corrected chi connectivity index (χ1v) is 9.17. The quantitative estimate of drug-likeness (QED) is 0.934. The molecule has 4 heterocycles. The Morgan fingerprint density at radius 3 is 2.46 bits per heavy atom. The molecule has 124 valence electrons. The van der Waals surface area contributed by atoms with Crippen LogP contribution in [-0.2, 0) is 0 Å². The molecule has 0 radical (unpaired) electrons. The van der Waals surface area contributed by atoms with E-state index in [1.807, 2.05) is 17.5 Å². The van der Waals surface area contributed by atoms with Gasteiger partial charge in [0.05, 0.1) is 4.88 Å². The summed E-state index contributed by atoms with van der Waals surface area (Å²) in [5, 5.41) is 5.07. The number of hydrogen-bond acceptors (Lipinski definition) is 4.